The number of halogens is 1. The highest BCUT2D eigenvalue weighted by Gasteiger charge is 2.26. The number of hydrogen-bond donors (Lipinski definition) is 4. The average molecular weight is 620 g/mol. The van der Waals surface area contributed by atoms with Gasteiger partial charge in [0.25, 0.3) is 5.91 Å². The van der Waals surface area contributed by atoms with E-state index in [0.29, 0.717) is 41.5 Å². The van der Waals surface area contributed by atoms with Gasteiger partial charge in [0.05, 0.1) is 36.2 Å². The molecule has 4 rings (SSSR count). The molecular formula is C29H38ClN5O8. The van der Waals surface area contributed by atoms with E-state index in [1.165, 1.54) is 7.11 Å². The number of ether oxygens (including phenoxy) is 2. The number of anilines is 2. The SMILES string of the molecule is COc1cc(N)c(Cl)cc1C(=O)NC1CCN(CCC(=O)N2CCN(c3ccccc3OC)CC2)CC1.O=C(O)C(=O)O. The number of nitrogen functional groups attached to an aromatic ring is 1. The van der Waals surface area contributed by atoms with Gasteiger partial charge in [0, 0.05) is 64.3 Å². The first-order valence-electron chi connectivity index (χ1n) is 13.8. The molecule has 0 aliphatic carbocycles. The highest BCUT2D eigenvalue weighted by molar-refractivity contribution is 6.33. The Hall–Kier alpha value is -4.23. The second-order valence-corrected chi connectivity index (χ2v) is 10.5. The van der Waals surface area contributed by atoms with Gasteiger partial charge in [0.2, 0.25) is 5.91 Å². The normalized spacial score (nSPS) is 15.6. The fourth-order valence-corrected chi connectivity index (χ4v) is 5.14. The van der Waals surface area contributed by atoms with Crippen LogP contribution < -0.4 is 25.4 Å². The van der Waals surface area contributed by atoms with Crippen LogP contribution in [0.5, 0.6) is 11.5 Å². The highest BCUT2D eigenvalue weighted by Crippen LogP contribution is 2.30. The van der Waals surface area contributed by atoms with E-state index in [0.717, 1.165) is 57.0 Å². The highest BCUT2D eigenvalue weighted by atomic mass is 35.5. The molecule has 0 radical (unpaired) electrons. The number of likely N-dealkylation sites (tertiary alicyclic amines) is 1. The molecule has 0 saturated carbocycles. The molecule has 2 saturated heterocycles. The summed E-state index contributed by atoms with van der Waals surface area (Å²) in [6.07, 6.45) is 2.15. The molecule has 2 aromatic rings. The Labute approximate surface area is 255 Å². The number of benzene rings is 2. The Bertz CT molecular complexity index is 1280. The molecule has 14 heteroatoms. The minimum Gasteiger partial charge on any atom is -0.496 e. The van der Waals surface area contributed by atoms with Crippen molar-refractivity contribution >= 4 is 46.7 Å². The molecule has 0 atom stereocenters. The molecule has 2 fully saturated rings. The van der Waals surface area contributed by atoms with Gasteiger partial charge in [-0.3, -0.25) is 9.59 Å². The van der Waals surface area contributed by atoms with Crippen molar-refractivity contribution in [2.24, 2.45) is 0 Å². The third-order valence-electron chi connectivity index (χ3n) is 7.37. The van der Waals surface area contributed by atoms with Gasteiger partial charge >= 0.3 is 11.9 Å². The number of aliphatic carboxylic acids is 2. The molecule has 43 heavy (non-hydrogen) atoms. The number of nitrogens with zero attached hydrogens (tertiary/aromatic N) is 3. The number of carboxylic acid groups (broad SMARTS) is 2. The van der Waals surface area contributed by atoms with Crippen molar-refractivity contribution in [3.05, 3.63) is 47.0 Å². The number of carbonyl (C=O) groups is 4. The van der Waals surface area contributed by atoms with Crippen molar-refractivity contribution < 1.29 is 38.9 Å². The predicted octanol–water partition coefficient (Wildman–Crippen LogP) is 2.03. The van der Waals surface area contributed by atoms with Gasteiger partial charge < -0.3 is 45.4 Å². The first-order valence-corrected chi connectivity index (χ1v) is 14.2. The Morgan fingerprint density at radius 2 is 1.53 bits per heavy atom. The summed E-state index contributed by atoms with van der Waals surface area (Å²) in [4.78, 5) is 50.4. The third kappa shape index (κ3) is 9.38. The van der Waals surface area contributed by atoms with E-state index >= 15 is 0 Å². The standard InChI is InChI=1S/C27H36ClN5O4.C2H2O4/c1-36-24-6-4-3-5-23(24)32-13-15-33(16-14-32)26(34)9-12-31-10-7-19(8-11-31)30-27(35)20-17-21(28)22(29)18-25(20)37-2;3-1(4)2(5)6/h3-6,17-19H,7-16,29H2,1-2H3,(H,30,35);(H,3,4)(H,5,6). The lowest BCUT2D eigenvalue weighted by atomic mass is 10.0. The zero-order valence-corrected chi connectivity index (χ0v) is 25.0. The van der Waals surface area contributed by atoms with Crippen LogP contribution in [0, 0.1) is 0 Å². The van der Waals surface area contributed by atoms with Crippen molar-refractivity contribution in [2.45, 2.75) is 25.3 Å². The van der Waals surface area contributed by atoms with Gasteiger partial charge in [-0.1, -0.05) is 23.7 Å². The molecule has 0 spiro atoms. The van der Waals surface area contributed by atoms with Gasteiger partial charge in [-0.2, -0.15) is 0 Å². The van der Waals surface area contributed by atoms with Gasteiger partial charge in [-0.25, -0.2) is 9.59 Å². The van der Waals surface area contributed by atoms with Crippen LogP contribution in [0.25, 0.3) is 0 Å². The minimum atomic E-state index is -1.82. The first-order chi connectivity index (χ1) is 20.5. The van der Waals surface area contributed by atoms with Crippen molar-refractivity contribution in [3.8, 4) is 11.5 Å². The van der Waals surface area contributed by atoms with Gasteiger partial charge in [-0.15, -0.1) is 0 Å². The second-order valence-electron chi connectivity index (χ2n) is 10.1. The molecule has 5 N–H and O–H groups in total. The molecule has 2 aliphatic heterocycles. The number of nitrogens with one attached hydrogen (secondary N) is 1. The smallest absolute Gasteiger partial charge is 0.414 e. The van der Waals surface area contributed by atoms with Crippen LogP contribution in [0.3, 0.4) is 0 Å². The monoisotopic (exact) mass is 619 g/mol. The number of rotatable bonds is 8. The van der Waals surface area contributed by atoms with E-state index < -0.39 is 11.9 Å². The number of methoxy groups -OCH3 is 2. The van der Waals surface area contributed by atoms with Gasteiger partial charge in [0.15, 0.2) is 0 Å². The summed E-state index contributed by atoms with van der Waals surface area (Å²) >= 11 is 6.11. The number of piperazine rings is 1. The number of para-hydroxylation sites is 2. The second kappa shape index (κ2) is 15.8. The Morgan fingerprint density at radius 1 is 0.930 bits per heavy atom. The Balaban J connectivity index is 0.000000765. The summed E-state index contributed by atoms with van der Waals surface area (Å²) < 4.78 is 10.8. The molecule has 0 unspecified atom stereocenters. The molecule has 0 bridgehead atoms. The van der Waals surface area contributed by atoms with Crippen molar-refractivity contribution in [1.29, 1.82) is 0 Å². The van der Waals surface area contributed by atoms with Crippen LogP contribution in [0.4, 0.5) is 11.4 Å². The molecule has 2 aliphatic rings. The average Bonchev–Trinajstić information content (AvgIpc) is 3.01. The fourth-order valence-electron chi connectivity index (χ4n) is 4.98. The van der Waals surface area contributed by atoms with Gasteiger partial charge in [0.1, 0.15) is 11.5 Å². The van der Waals surface area contributed by atoms with E-state index in [1.54, 1.807) is 19.2 Å². The summed E-state index contributed by atoms with van der Waals surface area (Å²) in [7, 11) is 3.18. The van der Waals surface area contributed by atoms with Crippen LogP contribution in [-0.4, -0.2) is 110 Å². The van der Waals surface area contributed by atoms with E-state index in [9.17, 15) is 9.59 Å². The summed E-state index contributed by atoms with van der Waals surface area (Å²) in [5, 5.41) is 18.2. The van der Waals surface area contributed by atoms with Crippen molar-refractivity contribution in [3.63, 3.8) is 0 Å². The number of carbonyl (C=O) groups excluding carboxylic acids is 2. The summed E-state index contributed by atoms with van der Waals surface area (Å²) in [5.41, 5.74) is 7.64. The van der Waals surface area contributed by atoms with E-state index in [2.05, 4.69) is 21.2 Å². The topological polar surface area (TPSA) is 175 Å². The quantitative estimate of drug-likeness (QED) is 0.251. The number of nitrogens with two attached hydrogens (primary N) is 1. The van der Waals surface area contributed by atoms with Crippen LogP contribution in [0.1, 0.15) is 29.6 Å². The van der Waals surface area contributed by atoms with Gasteiger partial charge in [-0.05, 0) is 31.0 Å². The maximum absolute atomic E-state index is 12.9. The van der Waals surface area contributed by atoms with E-state index in [-0.39, 0.29) is 17.9 Å². The zero-order valence-electron chi connectivity index (χ0n) is 24.3. The first kappa shape index (κ1) is 33.3. The molecular weight excluding hydrogens is 582 g/mol. The predicted molar refractivity (Wildman–Crippen MR) is 161 cm³/mol. The van der Waals surface area contributed by atoms with Crippen LogP contribution >= 0.6 is 11.6 Å². The third-order valence-corrected chi connectivity index (χ3v) is 7.70. The maximum atomic E-state index is 12.9. The lowest BCUT2D eigenvalue weighted by Gasteiger charge is -2.37. The van der Waals surface area contributed by atoms with Crippen molar-refractivity contribution in [1.82, 2.24) is 15.1 Å². The fraction of sp³-hybridized carbons (Fsp3) is 0.448. The van der Waals surface area contributed by atoms with Crippen LogP contribution in [0.2, 0.25) is 5.02 Å². The number of hydrogen-bond acceptors (Lipinski definition) is 9. The molecule has 234 valence electrons. The van der Waals surface area contributed by atoms with E-state index in [1.807, 2.05) is 23.1 Å². The largest absolute Gasteiger partial charge is 0.496 e. The zero-order chi connectivity index (χ0) is 31.5. The Kier molecular flexibility index (Phi) is 12.3. The maximum Gasteiger partial charge on any atom is 0.414 e. The van der Waals surface area contributed by atoms with Crippen LogP contribution in [0.15, 0.2) is 36.4 Å². The lowest BCUT2D eigenvalue weighted by molar-refractivity contribution is -0.159. The molecule has 13 nitrogen and oxygen atoms in total. The minimum absolute atomic E-state index is 0.0588. The molecule has 2 aromatic carbocycles. The summed E-state index contributed by atoms with van der Waals surface area (Å²) in [5.74, 6) is -2.41. The van der Waals surface area contributed by atoms with E-state index in [4.69, 9.17) is 46.6 Å². The molecule has 2 amide bonds. The lowest BCUT2D eigenvalue weighted by Crippen LogP contribution is -2.50. The van der Waals surface area contributed by atoms with Crippen LogP contribution in [-0.2, 0) is 14.4 Å². The number of carboxylic acids is 2. The summed E-state index contributed by atoms with van der Waals surface area (Å²) in [6, 6.07) is 11.2. The number of amides is 2. The van der Waals surface area contributed by atoms with Crippen molar-refractivity contribution in [2.75, 3.05) is 70.7 Å². The Morgan fingerprint density at radius 3 is 2.12 bits per heavy atom. The molecule has 0 aromatic heterocycles. The molecule has 2 heterocycles. The summed E-state index contributed by atoms with van der Waals surface area (Å²) in [6.45, 7) is 5.40. The number of piperidine rings is 1.